The van der Waals surface area contributed by atoms with E-state index in [-0.39, 0.29) is 17.7 Å². The molecule has 2 heterocycles. The average Bonchev–Trinajstić information content (AvgIpc) is 3.39. The first-order valence-corrected chi connectivity index (χ1v) is 12.2. The van der Waals surface area contributed by atoms with Gasteiger partial charge in [-0.15, -0.1) is 0 Å². The Morgan fingerprint density at radius 3 is 2.51 bits per heavy atom. The molecule has 1 N–H and O–H groups in total. The second-order valence-corrected chi connectivity index (χ2v) is 8.67. The minimum atomic E-state index is -0.532. The van der Waals surface area contributed by atoms with Crippen LogP contribution in [-0.4, -0.2) is 22.8 Å². The van der Waals surface area contributed by atoms with E-state index >= 15 is 0 Å². The Bertz CT molecular complexity index is 1440. The molecule has 1 atom stereocenters. The van der Waals surface area contributed by atoms with Gasteiger partial charge in [-0.25, -0.2) is 9.18 Å². The van der Waals surface area contributed by atoms with Crippen molar-refractivity contribution in [3.05, 3.63) is 101 Å². The molecule has 2 amide bonds. The summed E-state index contributed by atoms with van der Waals surface area (Å²) in [6, 6.07) is 20.5. The van der Waals surface area contributed by atoms with Crippen LogP contribution in [0.5, 0.6) is 5.75 Å². The number of rotatable bonds is 7. The number of nitrogens with one attached hydrogen (secondary N) is 1. The SMILES string of the molecule is CCOc1ccc(C2NC(=O)N(c3cccc(CC)c3)C(C)=C2c2nc(-c3ccc(F)cc3)no2)cc1. The van der Waals surface area contributed by atoms with E-state index in [1.54, 1.807) is 17.0 Å². The maximum absolute atomic E-state index is 13.4. The molecular weight excluding hydrogens is 471 g/mol. The van der Waals surface area contributed by atoms with Crippen molar-refractivity contribution in [2.75, 3.05) is 11.5 Å². The first kappa shape index (κ1) is 24.2. The molecule has 3 aromatic carbocycles. The summed E-state index contributed by atoms with van der Waals surface area (Å²) in [5.41, 5.74) is 4.67. The molecule has 0 spiro atoms. The lowest BCUT2D eigenvalue weighted by molar-refractivity contribution is 0.244. The molecular formula is C29H27FN4O3. The van der Waals surface area contributed by atoms with Crippen LogP contribution < -0.4 is 15.0 Å². The number of anilines is 1. The van der Waals surface area contributed by atoms with Gasteiger partial charge in [-0.3, -0.25) is 4.90 Å². The van der Waals surface area contributed by atoms with E-state index in [4.69, 9.17) is 9.26 Å². The molecule has 0 bridgehead atoms. The van der Waals surface area contributed by atoms with Crippen LogP contribution >= 0.6 is 0 Å². The number of allylic oxidation sites excluding steroid dienone is 1. The normalized spacial score (nSPS) is 15.6. The van der Waals surface area contributed by atoms with Gasteiger partial charge in [-0.05, 0) is 79.9 Å². The van der Waals surface area contributed by atoms with Crippen LogP contribution in [0.15, 0.2) is 83.0 Å². The number of urea groups is 1. The Labute approximate surface area is 214 Å². The van der Waals surface area contributed by atoms with Gasteiger partial charge in [0, 0.05) is 11.3 Å². The molecule has 4 aromatic rings. The number of nitrogens with zero attached hydrogens (tertiary/aromatic N) is 3. The number of benzene rings is 3. The Kier molecular flexibility index (Phi) is 6.72. The Morgan fingerprint density at radius 1 is 1.05 bits per heavy atom. The maximum atomic E-state index is 13.4. The van der Waals surface area contributed by atoms with Crippen molar-refractivity contribution in [3.63, 3.8) is 0 Å². The van der Waals surface area contributed by atoms with E-state index in [0.29, 0.717) is 29.3 Å². The van der Waals surface area contributed by atoms with E-state index in [0.717, 1.165) is 29.0 Å². The van der Waals surface area contributed by atoms with Crippen LogP contribution in [-0.2, 0) is 6.42 Å². The number of hydrogen-bond acceptors (Lipinski definition) is 5. The number of halogens is 1. The number of aromatic nitrogens is 2. The fourth-order valence-electron chi connectivity index (χ4n) is 4.47. The van der Waals surface area contributed by atoms with Crippen molar-refractivity contribution in [1.29, 1.82) is 0 Å². The number of carbonyl (C=O) groups is 1. The zero-order chi connectivity index (χ0) is 25.9. The van der Waals surface area contributed by atoms with E-state index in [2.05, 4.69) is 22.4 Å². The predicted molar refractivity (Wildman–Crippen MR) is 139 cm³/mol. The van der Waals surface area contributed by atoms with Crippen molar-refractivity contribution in [1.82, 2.24) is 15.5 Å². The smallest absolute Gasteiger partial charge is 0.326 e. The summed E-state index contributed by atoms with van der Waals surface area (Å²) in [5, 5.41) is 7.26. The molecule has 7 nitrogen and oxygen atoms in total. The summed E-state index contributed by atoms with van der Waals surface area (Å²) in [4.78, 5) is 19.7. The predicted octanol–water partition coefficient (Wildman–Crippen LogP) is 6.54. The van der Waals surface area contributed by atoms with Crippen molar-refractivity contribution >= 4 is 17.3 Å². The lowest BCUT2D eigenvalue weighted by Gasteiger charge is -2.35. The highest BCUT2D eigenvalue weighted by atomic mass is 19.1. The second kappa shape index (κ2) is 10.3. The molecule has 0 radical (unpaired) electrons. The van der Waals surface area contributed by atoms with Gasteiger partial charge in [0.1, 0.15) is 11.6 Å². The summed E-state index contributed by atoms with van der Waals surface area (Å²) >= 11 is 0. The van der Waals surface area contributed by atoms with Gasteiger partial charge >= 0.3 is 6.03 Å². The van der Waals surface area contributed by atoms with Crippen molar-refractivity contribution in [2.24, 2.45) is 0 Å². The van der Waals surface area contributed by atoms with Crippen molar-refractivity contribution < 1.29 is 18.4 Å². The van der Waals surface area contributed by atoms with Gasteiger partial charge in [0.2, 0.25) is 5.82 Å². The van der Waals surface area contributed by atoms with Crippen LogP contribution in [0.1, 0.15) is 43.8 Å². The van der Waals surface area contributed by atoms with Crippen LogP contribution in [0.2, 0.25) is 0 Å². The largest absolute Gasteiger partial charge is 0.494 e. The number of carbonyl (C=O) groups excluding carboxylic acids is 1. The van der Waals surface area contributed by atoms with E-state index in [1.807, 2.05) is 62.4 Å². The summed E-state index contributed by atoms with van der Waals surface area (Å²) < 4.78 is 24.7. The zero-order valence-electron chi connectivity index (χ0n) is 20.9. The monoisotopic (exact) mass is 498 g/mol. The van der Waals surface area contributed by atoms with Crippen LogP contribution in [0.4, 0.5) is 14.9 Å². The van der Waals surface area contributed by atoms with Crippen molar-refractivity contribution in [3.8, 4) is 17.1 Å². The standard InChI is InChI=1S/C29H27FN4O3/c1-4-19-7-6-8-23(17-19)34-18(3)25(28-32-27(33-37-28)21-9-13-22(30)14-10-21)26(31-29(34)35)20-11-15-24(16-12-20)36-5-2/h6-17,26H,4-5H2,1-3H3,(H,31,35). The van der Waals surface area contributed by atoms with E-state index in [1.165, 1.54) is 12.1 Å². The summed E-state index contributed by atoms with van der Waals surface area (Å²) in [6.07, 6.45) is 0.846. The third-order valence-corrected chi connectivity index (χ3v) is 6.35. The molecule has 37 heavy (non-hydrogen) atoms. The molecule has 5 rings (SSSR count). The third kappa shape index (κ3) is 4.82. The topological polar surface area (TPSA) is 80.5 Å². The summed E-state index contributed by atoms with van der Waals surface area (Å²) in [7, 11) is 0. The molecule has 188 valence electrons. The van der Waals surface area contributed by atoms with Gasteiger partial charge in [0.05, 0.1) is 23.9 Å². The number of hydrogen-bond donors (Lipinski definition) is 1. The zero-order valence-corrected chi connectivity index (χ0v) is 20.9. The third-order valence-electron chi connectivity index (χ3n) is 6.35. The molecule has 0 fully saturated rings. The lowest BCUT2D eigenvalue weighted by atomic mass is 9.94. The van der Waals surface area contributed by atoms with E-state index < -0.39 is 6.04 Å². The Balaban J connectivity index is 1.62. The fraction of sp³-hybridized carbons (Fsp3) is 0.207. The summed E-state index contributed by atoms with van der Waals surface area (Å²) in [5.74, 6) is 0.996. The van der Waals surface area contributed by atoms with Gasteiger partial charge in [0.25, 0.3) is 5.89 Å². The maximum Gasteiger partial charge on any atom is 0.326 e. The molecule has 1 aliphatic heterocycles. The molecule has 0 saturated carbocycles. The number of aryl methyl sites for hydroxylation is 1. The van der Waals surface area contributed by atoms with Gasteiger partial charge < -0.3 is 14.6 Å². The molecule has 1 aliphatic rings. The van der Waals surface area contributed by atoms with Gasteiger partial charge in [-0.1, -0.05) is 36.3 Å². The van der Waals surface area contributed by atoms with Crippen LogP contribution in [0.25, 0.3) is 17.0 Å². The first-order chi connectivity index (χ1) is 18.0. The second-order valence-electron chi connectivity index (χ2n) is 8.67. The number of amides is 2. The highest BCUT2D eigenvalue weighted by Gasteiger charge is 2.36. The molecule has 1 aromatic heterocycles. The van der Waals surface area contributed by atoms with E-state index in [9.17, 15) is 9.18 Å². The fourth-order valence-corrected chi connectivity index (χ4v) is 4.47. The Hall–Kier alpha value is -4.46. The number of ether oxygens (including phenoxy) is 1. The summed E-state index contributed by atoms with van der Waals surface area (Å²) in [6.45, 7) is 6.43. The molecule has 1 unspecified atom stereocenters. The van der Waals surface area contributed by atoms with Gasteiger partial charge in [0.15, 0.2) is 0 Å². The highest BCUT2D eigenvalue weighted by molar-refractivity contribution is 6.01. The highest BCUT2D eigenvalue weighted by Crippen LogP contribution is 2.39. The van der Waals surface area contributed by atoms with Crippen LogP contribution in [0.3, 0.4) is 0 Å². The molecule has 8 heteroatoms. The molecule has 0 aliphatic carbocycles. The van der Waals surface area contributed by atoms with Gasteiger partial charge in [-0.2, -0.15) is 4.98 Å². The molecule has 0 saturated heterocycles. The minimum absolute atomic E-state index is 0.258. The van der Waals surface area contributed by atoms with Crippen LogP contribution in [0, 0.1) is 5.82 Å². The quantitative estimate of drug-likeness (QED) is 0.313. The van der Waals surface area contributed by atoms with Crippen molar-refractivity contribution in [2.45, 2.75) is 33.2 Å². The minimum Gasteiger partial charge on any atom is -0.494 e. The Morgan fingerprint density at radius 2 is 1.81 bits per heavy atom. The first-order valence-electron chi connectivity index (χ1n) is 12.2. The lowest BCUT2D eigenvalue weighted by Crippen LogP contribution is -2.46. The average molecular weight is 499 g/mol.